The third-order valence-electron chi connectivity index (χ3n) is 7.24. The lowest BCUT2D eigenvalue weighted by atomic mass is 9.84. The highest BCUT2D eigenvalue weighted by Crippen LogP contribution is 2.43. The fraction of sp³-hybridized carbons (Fsp3) is 0.462. The number of aliphatic carboxylic acids is 1. The lowest BCUT2D eigenvalue weighted by Gasteiger charge is -2.40. The van der Waals surface area contributed by atoms with Gasteiger partial charge in [-0.25, -0.2) is 22.0 Å². The van der Waals surface area contributed by atoms with Crippen LogP contribution in [0, 0.1) is 11.6 Å². The van der Waals surface area contributed by atoms with E-state index in [1.165, 1.54) is 6.07 Å². The number of nitrogens with two attached hydrogens (primary N) is 1. The molecule has 0 aromatic heterocycles. The second kappa shape index (κ2) is 12.6. The summed E-state index contributed by atoms with van der Waals surface area (Å²) in [6.07, 6.45) is -0.133. The fourth-order valence-corrected chi connectivity index (χ4v) is 6.08. The molecule has 8 nitrogen and oxygen atoms in total. The molecule has 2 bridgehead atoms. The van der Waals surface area contributed by atoms with Gasteiger partial charge in [0.2, 0.25) is 15.9 Å². The van der Waals surface area contributed by atoms with Gasteiger partial charge in [0.1, 0.15) is 11.6 Å². The molecule has 4 rings (SSSR count). The lowest BCUT2D eigenvalue weighted by molar-refractivity contribution is -0.192. The standard InChI is InChI=1S/C24H29F2N3O3S.C2HF3O2/c1-33(31,32)28(15-21-22(25)6-3-7-23(21)26)10-11-29-19-8-9-20(29)14-18(13-19)16-4-2-5-17(12-16)24(27)30;3-2(4,5)1(6)7/h2-7,12,18-20H,8-11,13-15H2,1H3,(H2,27,30);(H,6,7)/t18?,19-,20+;. The molecular weight excluding hydrogens is 561 g/mol. The van der Waals surface area contributed by atoms with E-state index in [1.54, 1.807) is 6.07 Å². The number of hydrogen-bond donors (Lipinski definition) is 2. The molecule has 2 fully saturated rings. The van der Waals surface area contributed by atoms with Gasteiger partial charge in [0.15, 0.2) is 0 Å². The Kier molecular flexibility index (Phi) is 9.90. The summed E-state index contributed by atoms with van der Waals surface area (Å²) in [6.45, 7) is 0.344. The molecule has 0 aliphatic carbocycles. The zero-order valence-electron chi connectivity index (χ0n) is 21.6. The Hall–Kier alpha value is -3.10. The number of carbonyl (C=O) groups excluding carboxylic acids is 1. The number of primary amides is 1. The largest absolute Gasteiger partial charge is 0.490 e. The summed E-state index contributed by atoms with van der Waals surface area (Å²) in [4.78, 5) is 22.8. The van der Waals surface area contributed by atoms with Crippen LogP contribution in [0.1, 0.15) is 53.1 Å². The molecule has 0 saturated carbocycles. The number of sulfonamides is 1. The Morgan fingerprint density at radius 2 is 1.57 bits per heavy atom. The first-order chi connectivity index (χ1) is 18.6. The number of alkyl halides is 3. The molecule has 14 heteroatoms. The van der Waals surface area contributed by atoms with E-state index in [-0.39, 0.29) is 18.7 Å². The number of piperidine rings is 1. The maximum absolute atomic E-state index is 14.1. The van der Waals surface area contributed by atoms with E-state index >= 15 is 0 Å². The zero-order valence-corrected chi connectivity index (χ0v) is 22.4. The van der Waals surface area contributed by atoms with Crippen molar-refractivity contribution >= 4 is 21.9 Å². The third kappa shape index (κ3) is 7.98. The highest BCUT2D eigenvalue weighted by Gasteiger charge is 2.41. The third-order valence-corrected chi connectivity index (χ3v) is 8.49. The van der Waals surface area contributed by atoms with Crippen LogP contribution in [-0.2, 0) is 21.4 Å². The van der Waals surface area contributed by atoms with Crippen molar-refractivity contribution in [3.8, 4) is 0 Å². The number of carboxylic acid groups (broad SMARTS) is 1. The van der Waals surface area contributed by atoms with Crippen LogP contribution < -0.4 is 5.73 Å². The van der Waals surface area contributed by atoms with Gasteiger partial charge in [-0.1, -0.05) is 18.2 Å². The van der Waals surface area contributed by atoms with Gasteiger partial charge in [0.05, 0.1) is 6.26 Å². The van der Waals surface area contributed by atoms with E-state index in [0.29, 0.717) is 30.1 Å². The van der Waals surface area contributed by atoms with Crippen molar-refractivity contribution in [2.75, 3.05) is 19.3 Å². The van der Waals surface area contributed by atoms with E-state index in [1.807, 2.05) is 18.2 Å². The monoisotopic (exact) mass is 591 g/mol. The van der Waals surface area contributed by atoms with Crippen LogP contribution in [0.15, 0.2) is 42.5 Å². The van der Waals surface area contributed by atoms with Crippen LogP contribution in [-0.4, -0.2) is 72.2 Å². The van der Waals surface area contributed by atoms with Gasteiger partial charge in [-0.3, -0.25) is 9.69 Å². The first-order valence-electron chi connectivity index (χ1n) is 12.4. The van der Waals surface area contributed by atoms with Crippen molar-refractivity contribution in [1.29, 1.82) is 0 Å². The van der Waals surface area contributed by atoms with Gasteiger partial charge >= 0.3 is 12.1 Å². The average molecular weight is 592 g/mol. The summed E-state index contributed by atoms with van der Waals surface area (Å²) in [5.41, 5.74) is 6.81. The van der Waals surface area contributed by atoms with Crippen molar-refractivity contribution in [2.45, 2.75) is 56.4 Å². The summed E-state index contributed by atoms with van der Waals surface area (Å²) in [6, 6.07) is 11.6. The Bertz CT molecular complexity index is 1300. The lowest BCUT2D eigenvalue weighted by Crippen LogP contribution is -2.46. The van der Waals surface area contributed by atoms with Crippen molar-refractivity contribution in [3.05, 3.63) is 70.8 Å². The van der Waals surface area contributed by atoms with Crippen molar-refractivity contribution in [1.82, 2.24) is 9.21 Å². The Labute approximate surface area is 228 Å². The Morgan fingerprint density at radius 3 is 2.05 bits per heavy atom. The summed E-state index contributed by atoms with van der Waals surface area (Å²) in [7, 11) is -3.65. The predicted molar refractivity (Wildman–Crippen MR) is 136 cm³/mol. The quantitative estimate of drug-likeness (QED) is 0.450. The summed E-state index contributed by atoms with van der Waals surface area (Å²) in [5, 5.41) is 7.12. The molecule has 2 aliphatic heterocycles. The number of nitrogens with zero attached hydrogens (tertiary/aromatic N) is 2. The summed E-state index contributed by atoms with van der Waals surface area (Å²) in [5.74, 6) is -4.38. The van der Waals surface area contributed by atoms with Crippen molar-refractivity contribution in [3.63, 3.8) is 0 Å². The number of halogens is 5. The molecule has 1 amide bonds. The van der Waals surface area contributed by atoms with Crippen molar-refractivity contribution < 1.29 is 45.1 Å². The van der Waals surface area contributed by atoms with Gasteiger partial charge in [-0.2, -0.15) is 17.5 Å². The van der Waals surface area contributed by atoms with Gasteiger partial charge in [-0.05, 0) is 61.4 Å². The number of amides is 1. The molecule has 1 unspecified atom stereocenters. The molecule has 2 aromatic carbocycles. The Morgan fingerprint density at radius 1 is 1.05 bits per heavy atom. The maximum Gasteiger partial charge on any atom is 0.490 e. The molecular formula is C26H30F5N3O5S. The van der Waals surface area contributed by atoms with Gasteiger partial charge in [-0.15, -0.1) is 0 Å². The first-order valence-corrected chi connectivity index (χ1v) is 14.3. The summed E-state index contributed by atoms with van der Waals surface area (Å²) < 4.78 is 85.8. The highest BCUT2D eigenvalue weighted by atomic mass is 32.2. The molecule has 220 valence electrons. The second-order valence-electron chi connectivity index (χ2n) is 9.88. The van der Waals surface area contributed by atoms with Crippen LogP contribution in [0.3, 0.4) is 0 Å². The molecule has 40 heavy (non-hydrogen) atoms. The molecule has 2 heterocycles. The summed E-state index contributed by atoms with van der Waals surface area (Å²) >= 11 is 0. The zero-order chi connectivity index (χ0) is 29.8. The average Bonchev–Trinajstić information content (AvgIpc) is 3.08. The normalized spacial score (nSPS) is 21.1. The van der Waals surface area contributed by atoms with Crippen LogP contribution in [0.2, 0.25) is 0 Å². The van der Waals surface area contributed by atoms with E-state index in [2.05, 4.69) is 4.90 Å². The minimum atomic E-state index is -5.08. The van der Waals surface area contributed by atoms with Gasteiger partial charge < -0.3 is 10.8 Å². The van der Waals surface area contributed by atoms with Gasteiger partial charge in [0, 0.05) is 42.8 Å². The molecule has 2 aliphatic rings. The number of hydrogen-bond acceptors (Lipinski definition) is 5. The predicted octanol–water partition coefficient (Wildman–Crippen LogP) is 3.87. The topological polar surface area (TPSA) is 121 Å². The van der Waals surface area contributed by atoms with E-state index in [0.717, 1.165) is 53.9 Å². The smallest absolute Gasteiger partial charge is 0.475 e. The highest BCUT2D eigenvalue weighted by molar-refractivity contribution is 7.88. The molecule has 0 radical (unpaired) electrons. The van der Waals surface area contributed by atoms with E-state index in [9.17, 15) is 35.2 Å². The number of rotatable bonds is 8. The van der Waals surface area contributed by atoms with Crippen LogP contribution in [0.5, 0.6) is 0 Å². The number of carboxylic acids is 1. The number of carbonyl (C=O) groups is 2. The Balaban J connectivity index is 0.000000559. The van der Waals surface area contributed by atoms with Crippen LogP contribution >= 0.6 is 0 Å². The molecule has 3 N–H and O–H groups in total. The number of benzene rings is 2. The fourth-order valence-electron chi connectivity index (χ4n) is 5.31. The molecule has 2 saturated heterocycles. The number of fused-ring (bicyclic) bond motifs is 2. The molecule has 3 atom stereocenters. The first kappa shape index (κ1) is 31.4. The molecule has 2 aromatic rings. The van der Waals surface area contributed by atoms with E-state index in [4.69, 9.17) is 15.6 Å². The SMILES string of the molecule is CS(=O)(=O)N(CCN1[C@@H]2CC[C@H]1CC(c1cccc(C(N)=O)c1)C2)Cc1c(F)cccc1F.O=C(O)C(F)(F)F. The maximum atomic E-state index is 14.1. The minimum Gasteiger partial charge on any atom is -0.475 e. The molecule has 0 spiro atoms. The van der Waals surface area contributed by atoms with Crippen LogP contribution in [0.4, 0.5) is 22.0 Å². The van der Waals surface area contributed by atoms with E-state index < -0.39 is 39.7 Å². The van der Waals surface area contributed by atoms with Crippen LogP contribution in [0.25, 0.3) is 0 Å². The van der Waals surface area contributed by atoms with Gasteiger partial charge in [0.25, 0.3) is 0 Å². The minimum absolute atomic E-state index is 0.168. The van der Waals surface area contributed by atoms with Crippen molar-refractivity contribution in [2.24, 2.45) is 5.73 Å². The second-order valence-corrected chi connectivity index (χ2v) is 11.9.